The van der Waals surface area contributed by atoms with E-state index in [-0.39, 0.29) is 23.5 Å². The fourth-order valence-corrected chi connectivity index (χ4v) is 41.6. The van der Waals surface area contributed by atoms with Gasteiger partial charge in [-0.3, -0.25) is 23.8 Å². The lowest BCUT2D eigenvalue weighted by Crippen LogP contribution is -2.62. The lowest BCUT2D eigenvalue weighted by atomic mass is 10.1. The number of carbonyl (C=O) groups excluding carboxylic acids is 1. The van der Waals surface area contributed by atoms with Gasteiger partial charge in [-0.25, -0.2) is 19.6 Å². The van der Waals surface area contributed by atoms with Crippen LogP contribution in [-0.2, 0) is 28.5 Å². The predicted octanol–water partition coefficient (Wildman–Crippen LogP) is 7.79. The molecule has 2 rings (SSSR count). The number of aromatic amines is 1. The second kappa shape index (κ2) is 18.8. The molecule has 0 bridgehead atoms. The molecule has 0 aliphatic carbocycles. The number of anilines is 1. The zero-order valence-corrected chi connectivity index (χ0v) is 38.0. The van der Waals surface area contributed by atoms with Crippen molar-refractivity contribution in [2.45, 2.75) is 187 Å². The largest absolute Gasteiger partial charge is 0.385 e. The molecule has 1 saturated heterocycles. The summed E-state index contributed by atoms with van der Waals surface area (Å²) in [6.45, 7) is 37.6. The average Bonchev–Trinajstić information content (AvgIpc) is 3.26. The number of ether oxygens (including phenoxy) is 1. The summed E-state index contributed by atoms with van der Waals surface area (Å²) in [6, 6.07) is 1.50. The first-order valence-electron chi connectivity index (χ1n) is 18.7. The average molecular weight is 772 g/mol. The van der Waals surface area contributed by atoms with Crippen molar-refractivity contribution in [3.8, 4) is 0 Å². The topological polar surface area (TPSA) is 132 Å². The molecular formula is C35H69N3O8Si4. The van der Waals surface area contributed by atoms with Crippen molar-refractivity contribution in [1.29, 1.82) is 0 Å². The van der Waals surface area contributed by atoms with E-state index < -0.39 is 68.4 Å². The maximum Gasteiger partial charge on any atom is 0.346 e. The van der Waals surface area contributed by atoms with Crippen molar-refractivity contribution in [2.24, 2.45) is 0 Å². The number of hydrogen-bond acceptors (Lipinski definition) is 9. The lowest BCUT2D eigenvalue weighted by Gasteiger charge is -2.46. The highest BCUT2D eigenvalue weighted by molar-refractivity contribution is 7.32. The van der Waals surface area contributed by atoms with Gasteiger partial charge >= 0.3 is 5.69 Å². The summed E-state index contributed by atoms with van der Waals surface area (Å²) in [7, 11) is -7.09. The first-order valence-corrected chi connectivity index (χ1v) is 28.1. The maximum absolute atomic E-state index is 13.1. The van der Waals surface area contributed by atoms with Gasteiger partial charge in [0.05, 0.1) is 16.6 Å². The van der Waals surface area contributed by atoms with Crippen molar-refractivity contribution in [3.63, 3.8) is 0 Å². The molecule has 0 unspecified atom stereocenters. The molecule has 50 heavy (non-hydrogen) atoms. The molecule has 11 nitrogen and oxygen atoms in total. The third-order valence-electron chi connectivity index (χ3n) is 10.4. The number of aromatic nitrogens is 2. The number of aliphatic hydroxyl groups excluding tert-OH is 1. The van der Waals surface area contributed by atoms with Gasteiger partial charge in [-0.1, -0.05) is 133 Å². The Morgan fingerprint density at radius 1 is 0.840 bits per heavy atom. The van der Waals surface area contributed by atoms with E-state index in [4.69, 9.17) is 23.7 Å². The van der Waals surface area contributed by atoms with Crippen LogP contribution in [0.5, 0.6) is 0 Å². The molecule has 1 aromatic heterocycles. The molecule has 4 atom stereocenters. The van der Waals surface area contributed by atoms with Crippen molar-refractivity contribution >= 4 is 44.0 Å². The van der Waals surface area contributed by atoms with E-state index >= 15 is 0 Å². The molecule has 0 aromatic carbocycles. The number of amides is 1. The Morgan fingerprint density at radius 3 is 1.66 bits per heavy atom. The molecule has 1 amide bonds. The number of H-pyrrole nitrogens is 1. The van der Waals surface area contributed by atoms with Crippen LogP contribution in [0.1, 0.15) is 118 Å². The smallest absolute Gasteiger partial charge is 0.346 e. The second-order valence-electron chi connectivity index (χ2n) is 16.5. The first kappa shape index (κ1) is 45.1. The Bertz CT molecular complexity index is 1230. The predicted molar refractivity (Wildman–Crippen MR) is 209 cm³/mol. The Morgan fingerprint density at radius 2 is 1.28 bits per heavy atom. The fraction of sp³-hybridized carbons (Fsp3) is 0.857. The van der Waals surface area contributed by atoms with Crippen LogP contribution in [0.25, 0.3) is 0 Å². The van der Waals surface area contributed by atoms with Gasteiger partial charge in [-0.15, -0.1) is 0 Å². The summed E-state index contributed by atoms with van der Waals surface area (Å²) in [5.74, 6) is -0.275. The molecule has 0 saturated carbocycles. The van der Waals surface area contributed by atoms with E-state index in [1.807, 2.05) is 0 Å². The monoisotopic (exact) mass is 771 g/mol. The highest BCUT2D eigenvalue weighted by Gasteiger charge is 2.57. The van der Waals surface area contributed by atoms with Crippen LogP contribution in [0.2, 0.25) is 44.3 Å². The standard InChI is InChI=1S/C35H69N3O8Si4/c1-21(2)47(22(3)4)49(25(9)10,26(11)12)45-42-20-30-33(44-46-50(27(13)14,28(15)16)48(23(5)6)24(7)8)32(40)34(43-30)38(29(17)39)31-18-19-36-35(41)37-31/h18-19,21-28,30,32-34,40H,20H2,1-17H3,(H,36,37,41)/t30-,32+,33-,34-/m1/s1. The highest BCUT2D eigenvalue weighted by Crippen LogP contribution is 2.45. The molecule has 2 N–H and O–H groups in total. The SMILES string of the molecule is CC(=O)N(c1ccnc(=O)[nH]1)[C@@H]1O[C@H](COO[Si](C(C)C)(C(C)C)[Si](C(C)C)C(C)C)[C@@H](OO[Si](C(C)C)(C(C)C)[Si](C(C)C)C(C)C)[C@@H]1O. The van der Waals surface area contributed by atoms with Gasteiger partial charge in [0.25, 0.3) is 0 Å². The lowest BCUT2D eigenvalue weighted by molar-refractivity contribution is -0.296. The van der Waals surface area contributed by atoms with Crippen molar-refractivity contribution in [3.05, 3.63) is 22.7 Å². The van der Waals surface area contributed by atoms with Crippen LogP contribution in [0, 0.1) is 0 Å². The van der Waals surface area contributed by atoms with Gasteiger partial charge < -0.3 is 9.84 Å². The van der Waals surface area contributed by atoms with Crippen LogP contribution in [0.3, 0.4) is 0 Å². The van der Waals surface area contributed by atoms with E-state index in [2.05, 4.69) is 121 Å². The van der Waals surface area contributed by atoms with Crippen molar-refractivity contribution in [2.75, 3.05) is 11.5 Å². The van der Waals surface area contributed by atoms with Crippen LogP contribution >= 0.6 is 0 Å². The van der Waals surface area contributed by atoms with Crippen molar-refractivity contribution in [1.82, 2.24) is 9.97 Å². The second-order valence-corrected chi connectivity index (χ2v) is 39.2. The first-order chi connectivity index (χ1) is 23.1. The van der Waals surface area contributed by atoms with Crippen LogP contribution in [-0.4, -0.2) is 84.4 Å². The third kappa shape index (κ3) is 9.55. The van der Waals surface area contributed by atoms with E-state index in [0.717, 1.165) is 0 Å². The number of rotatable bonds is 19. The molecule has 288 valence electrons. The minimum Gasteiger partial charge on any atom is -0.385 e. The number of nitrogens with zero attached hydrogens (tertiary/aromatic N) is 2. The Hall–Kier alpha value is -1.02. The van der Waals surface area contributed by atoms with E-state index in [0.29, 0.717) is 33.2 Å². The van der Waals surface area contributed by atoms with E-state index in [1.165, 1.54) is 24.1 Å². The van der Waals surface area contributed by atoms with Gasteiger partial charge in [-0.05, 0) is 28.2 Å². The maximum atomic E-state index is 13.1. The molecule has 15 heteroatoms. The van der Waals surface area contributed by atoms with Gasteiger partial charge in [0, 0.05) is 13.1 Å². The number of aliphatic hydroxyl groups is 1. The van der Waals surface area contributed by atoms with Gasteiger partial charge in [0.1, 0.15) is 24.6 Å². The van der Waals surface area contributed by atoms with Crippen LogP contribution in [0.4, 0.5) is 5.82 Å². The zero-order valence-electron chi connectivity index (χ0n) is 34.0. The molecular weight excluding hydrogens is 703 g/mol. The fourth-order valence-electron chi connectivity index (χ4n) is 8.79. The van der Waals surface area contributed by atoms with E-state index in [1.54, 1.807) is 0 Å². The van der Waals surface area contributed by atoms with Gasteiger partial charge in [0.15, 0.2) is 12.3 Å². The van der Waals surface area contributed by atoms with Gasteiger partial charge in [-0.2, -0.15) is 0 Å². The molecule has 2 heterocycles. The van der Waals surface area contributed by atoms with E-state index in [9.17, 15) is 14.7 Å². The quantitative estimate of drug-likeness (QED) is 0.0822. The molecule has 1 aliphatic rings. The third-order valence-corrected chi connectivity index (χ3v) is 44.5. The summed E-state index contributed by atoms with van der Waals surface area (Å²) in [5.41, 5.74) is 2.39. The summed E-state index contributed by atoms with van der Waals surface area (Å²) in [6.07, 6.45) is -3.05. The number of carbonyl (C=O) groups is 1. The van der Waals surface area contributed by atoms with Crippen molar-refractivity contribution < 1.29 is 33.6 Å². The van der Waals surface area contributed by atoms with Crippen LogP contribution in [0.15, 0.2) is 17.1 Å². The summed E-state index contributed by atoms with van der Waals surface area (Å²) in [4.78, 5) is 45.6. The summed E-state index contributed by atoms with van der Waals surface area (Å²) >= 11 is 0. The molecule has 1 aromatic rings. The Kier molecular flexibility index (Phi) is 17.0. The number of nitrogens with one attached hydrogen (secondary N) is 1. The normalized spacial score (nSPS) is 20.9. The summed E-state index contributed by atoms with van der Waals surface area (Å²) in [5, 5.41) is 12.0. The number of hydrogen-bond donors (Lipinski definition) is 2. The van der Waals surface area contributed by atoms with Crippen LogP contribution < -0.4 is 10.6 Å². The molecule has 1 aliphatic heterocycles. The molecule has 0 spiro atoms. The minimum atomic E-state index is -2.59. The van der Waals surface area contributed by atoms with Gasteiger partial charge in [0.2, 0.25) is 21.6 Å². The molecule has 1 fully saturated rings. The summed E-state index contributed by atoms with van der Waals surface area (Å²) < 4.78 is 20.1. The minimum absolute atomic E-state index is 0.0379. The Balaban J connectivity index is 2.62. The highest BCUT2D eigenvalue weighted by atomic mass is 29.2. The molecule has 2 radical (unpaired) electrons. The zero-order chi connectivity index (χ0) is 38.5. The Labute approximate surface area is 307 Å².